The van der Waals surface area contributed by atoms with Crippen LogP contribution in [0.4, 0.5) is 24.5 Å². The molecule has 0 bridgehead atoms. The average molecular weight is 411 g/mol. The van der Waals surface area contributed by atoms with Crippen LogP contribution in [0.2, 0.25) is 0 Å². The summed E-state index contributed by atoms with van der Waals surface area (Å²) in [5.74, 6) is -0.911. The van der Waals surface area contributed by atoms with Crippen LogP contribution in [0.1, 0.15) is 0 Å². The van der Waals surface area contributed by atoms with Crippen molar-refractivity contribution in [3.63, 3.8) is 0 Å². The lowest BCUT2D eigenvalue weighted by molar-refractivity contribution is -0.275. The van der Waals surface area contributed by atoms with Crippen LogP contribution in [0.15, 0.2) is 53.4 Å². The van der Waals surface area contributed by atoms with Gasteiger partial charge < -0.3 is 4.74 Å². The molecule has 0 saturated carbocycles. The van der Waals surface area contributed by atoms with E-state index < -0.39 is 37.2 Å². The van der Waals surface area contributed by atoms with E-state index in [1.165, 1.54) is 30.3 Å². The molecule has 0 amide bonds. The Morgan fingerprint density at radius 2 is 1.46 bits per heavy atom. The lowest BCUT2D eigenvalue weighted by Crippen LogP contribution is -2.22. The number of rotatable bonds is 6. The third-order valence-electron chi connectivity index (χ3n) is 2.74. The highest BCUT2D eigenvalue weighted by Crippen LogP contribution is 2.30. The predicted molar refractivity (Wildman–Crippen MR) is 87.1 cm³/mol. The molecule has 0 unspecified atom stereocenters. The van der Waals surface area contributed by atoms with Crippen LogP contribution >= 0.6 is 0 Å². The molecule has 0 fully saturated rings. The fraction of sp³-hybridized carbons (Fsp3) is 0.0769. The van der Waals surface area contributed by atoms with E-state index in [0.717, 1.165) is 18.2 Å². The quantitative estimate of drug-likeness (QED) is 0.670. The fourth-order valence-corrected chi connectivity index (χ4v) is 3.54. The maximum atomic E-state index is 12.4. The first-order valence-corrected chi connectivity index (χ1v) is 9.67. The van der Waals surface area contributed by atoms with Crippen LogP contribution in [-0.2, 0) is 20.2 Å². The van der Waals surface area contributed by atoms with Crippen LogP contribution in [0.5, 0.6) is 5.75 Å². The highest BCUT2D eigenvalue weighted by Gasteiger charge is 2.34. The molecule has 142 valence electrons. The van der Waals surface area contributed by atoms with Gasteiger partial charge in [-0.25, -0.2) is 13.6 Å². The first-order valence-electron chi connectivity index (χ1n) is 6.64. The molecule has 8 nitrogen and oxygen atoms in total. The Balaban J connectivity index is 2.34. The molecule has 0 radical (unpaired) electrons. The summed E-state index contributed by atoms with van der Waals surface area (Å²) in [6, 6.07) is 9.13. The molecule has 2 rings (SSSR count). The lowest BCUT2D eigenvalue weighted by Gasteiger charge is -2.14. The molecule has 0 saturated heterocycles. The van der Waals surface area contributed by atoms with E-state index in [1.54, 1.807) is 0 Å². The van der Waals surface area contributed by atoms with E-state index >= 15 is 0 Å². The standard InChI is InChI=1S/C13H12F3N3O5S2/c14-13(15,16)24-11-6-1-2-7-12(11)25(20,21)18-9-4-3-5-10(8-9)19-26(17,22)23/h1-8,18-19H,(H2,17,22,23). The number of para-hydroxylation sites is 1. The summed E-state index contributed by atoms with van der Waals surface area (Å²) < 4.78 is 91.8. The number of benzene rings is 2. The van der Waals surface area contributed by atoms with Gasteiger partial charge in [-0.05, 0) is 30.3 Å². The van der Waals surface area contributed by atoms with E-state index in [9.17, 15) is 30.0 Å². The molecule has 0 atom stereocenters. The average Bonchev–Trinajstić information content (AvgIpc) is 2.43. The van der Waals surface area contributed by atoms with E-state index in [2.05, 4.69) is 4.74 Å². The normalized spacial score (nSPS) is 12.5. The van der Waals surface area contributed by atoms with Gasteiger partial charge >= 0.3 is 6.36 Å². The van der Waals surface area contributed by atoms with Crippen molar-refractivity contribution in [3.05, 3.63) is 48.5 Å². The molecular formula is C13H12F3N3O5S2. The highest BCUT2D eigenvalue weighted by molar-refractivity contribution is 7.92. The molecular weight excluding hydrogens is 399 g/mol. The molecule has 0 aliphatic rings. The third kappa shape index (κ3) is 5.79. The number of anilines is 2. The fourth-order valence-electron chi connectivity index (χ4n) is 1.90. The van der Waals surface area contributed by atoms with Crippen molar-refractivity contribution >= 4 is 31.6 Å². The van der Waals surface area contributed by atoms with Crippen molar-refractivity contribution in [2.24, 2.45) is 5.14 Å². The molecule has 0 aromatic heterocycles. The van der Waals surface area contributed by atoms with E-state index in [-0.39, 0.29) is 11.4 Å². The summed E-state index contributed by atoms with van der Waals surface area (Å²) in [6.07, 6.45) is -5.08. The maximum Gasteiger partial charge on any atom is 0.573 e. The first kappa shape index (κ1) is 19.8. The number of alkyl halides is 3. The van der Waals surface area contributed by atoms with Crippen molar-refractivity contribution in [2.75, 3.05) is 9.44 Å². The van der Waals surface area contributed by atoms with Crippen LogP contribution in [0, 0.1) is 0 Å². The van der Waals surface area contributed by atoms with E-state index in [4.69, 9.17) is 5.14 Å². The van der Waals surface area contributed by atoms with Crippen molar-refractivity contribution in [1.82, 2.24) is 0 Å². The van der Waals surface area contributed by atoms with Crippen molar-refractivity contribution in [2.45, 2.75) is 11.3 Å². The Hall–Kier alpha value is -2.51. The summed E-state index contributed by atoms with van der Waals surface area (Å²) in [5, 5.41) is 4.81. The summed E-state index contributed by atoms with van der Waals surface area (Å²) in [4.78, 5) is -0.748. The second kappa shape index (κ2) is 7.01. The Bertz CT molecular complexity index is 1010. The minimum atomic E-state index is -5.08. The SMILES string of the molecule is NS(=O)(=O)Nc1cccc(NS(=O)(=O)c2ccccc2OC(F)(F)F)c1. The first-order chi connectivity index (χ1) is 11.9. The third-order valence-corrected chi connectivity index (χ3v) is 4.68. The summed E-state index contributed by atoms with van der Waals surface area (Å²) >= 11 is 0. The highest BCUT2D eigenvalue weighted by atomic mass is 32.2. The Morgan fingerprint density at radius 3 is 2.04 bits per heavy atom. The van der Waals surface area contributed by atoms with Gasteiger partial charge in [-0.1, -0.05) is 18.2 Å². The zero-order valence-electron chi connectivity index (χ0n) is 12.7. The van der Waals surface area contributed by atoms with Gasteiger partial charge in [0.1, 0.15) is 10.6 Å². The second-order valence-corrected chi connectivity index (χ2v) is 7.77. The molecule has 0 heterocycles. The summed E-state index contributed by atoms with van der Waals surface area (Å²) in [7, 11) is -8.55. The van der Waals surface area contributed by atoms with E-state index in [0.29, 0.717) is 0 Å². The number of nitrogens with one attached hydrogen (secondary N) is 2. The smallest absolute Gasteiger partial charge is 0.404 e. The van der Waals surface area contributed by atoms with Gasteiger partial charge in [-0.2, -0.15) is 8.42 Å². The molecule has 0 aliphatic heterocycles. The number of nitrogens with two attached hydrogens (primary N) is 1. The minimum absolute atomic E-state index is 0.0486. The van der Waals surface area contributed by atoms with Gasteiger partial charge in [0.15, 0.2) is 0 Å². The topological polar surface area (TPSA) is 128 Å². The molecule has 0 aliphatic carbocycles. The van der Waals surface area contributed by atoms with Gasteiger partial charge in [-0.3, -0.25) is 9.44 Å². The zero-order valence-corrected chi connectivity index (χ0v) is 14.3. The predicted octanol–water partition coefficient (Wildman–Crippen LogP) is 2.00. The number of hydrogen-bond donors (Lipinski definition) is 3. The minimum Gasteiger partial charge on any atom is -0.404 e. The van der Waals surface area contributed by atoms with Crippen molar-refractivity contribution < 1.29 is 34.7 Å². The number of ether oxygens (including phenoxy) is 1. The zero-order chi connectivity index (χ0) is 19.6. The molecule has 0 spiro atoms. The van der Waals surface area contributed by atoms with E-state index in [1.807, 2.05) is 9.44 Å². The van der Waals surface area contributed by atoms with Gasteiger partial charge in [0.05, 0.1) is 11.4 Å². The van der Waals surface area contributed by atoms with Crippen molar-refractivity contribution in [3.8, 4) is 5.75 Å². The van der Waals surface area contributed by atoms with Crippen LogP contribution in [0.25, 0.3) is 0 Å². The summed E-state index contributed by atoms with van der Waals surface area (Å²) in [5.41, 5.74) is -0.159. The Kier molecular flexibility index (Phi) is 5.34. The Labute approximate surface area is 147 Å². The van der Waals surface area contributed by atoms with Gasteiger partial charge in [-0.15, -0.1) is 13.2 Å². The van der Waals surface area contributed by atoms with Crippen LogP contribution in [0.3, 0.4) is 0 Å². The number of halogens is 3. The molecule has 13 heteroatoms. The summed E-state index contributed by atoms with van der Waals surface area (Å²) in [6.45, 7) is 0. The monoisotopic (exact) mass is 411 g/mol. The van der Waals surface area contributed by atoms with Gasteiger partial charge in [0.25, 0.3) is 20.2 Å². The second-order valence-electron chi connectivity index (χ2n) is 4.83. The molecule has 2 aromatic carbocycles. The number of sulfonamides is 1. The molecule has 26 heavy (non-hydrogen) atoms. The molecule has 4 N–H and O–H groups in total. The maximum absolute atomic E-state index is 12.4. The van der Waals surface area contributed by atoms with Crippen molar-refractivity contribution in [1.29, 1.82) is 0 Å². The largest absolute Gasteiger partial charge is 0.573 e. The van der Waals surface area contributed by atoms with Crippen LogP contribution in [-0.4, -0.2) is 23.2 Å². The van der Waals surface area contributed by atoms with Gasteiger partial charge in [0, 0.05) is 0 Å². The Morgan fingerprint density at radius 1 is 0.885 bits per heavy atom. The lowest BCUT2D eigenvalue weighted by atomic mass is 10.3. The van der Waals surface area contributed by atoms with Gasteiger partial charge in [0.2, 0.25) is 0 Å². The van der Waals surface area contributed by atoms with Crippen LogP contribution < -0.4 is 19.3 Å². The molecule has 2 aromatic rings. The number of hydrogen-bond acceptors (Lipinski definition) is 5.